The van der Waals surface area contributed by atoms with Crippen LogP contribution in [0.4, 0.5) is 5.69 Å². The van der Waals surface area contributed by atoms with Gasteiger partial charge in [0.1, 0.15) is 5.69 Å². The summed E-state index contributed by atoms with van der Waals surface area (Å²) in [6, 6.07) is 3.47. The predicted molar refractivity (Wildman–Crippen MR) is 67.8 cm³/mol. The molecule has 2 aromatic rings. The molecule has 0 aliphatic heterocycles. The number of hydrogen-bond acceptors (Lipinski definition) is 3. The molecular formula is C11H11BrN4O. The standard InChI is InChI=1S/C11H11BrN4O/c1-2-16-10(9(12)7-14-16)11(17)15-8-3-5-13-6-4-8/h3-7H,2H2,1H3,(H,13,15,17). The van der Waals surface area contributed by atoms with E-state index in [9.17, 15) is 4.79 Å². The van der Waals surface area contributed by atoms with E-state index in [4.69, 9.17) is 0 Å². The van der Waals surface area contributed by atoms with Gasteiger partial charge in [-0.3, -0.25) is 14.5 Å². The van der Waals surface area contributed by atoms with Gasteiger partial charge in [0.2, 0.25) is 0 Å². The molecule has 0 spiro atoms. The van der Waals surface area contributed by atoms with E-state index in [2.05, 4.69) is 31.3 Å². The molecule has 0 aliphatic rings. The molecule has 0 saturated carbocycles. The fraction of sp³-hybridized carbons (Fsp3) is 0.182. The van der Waals surface area contributed by atoms with Crippen molar-refractivity contribution in [2.75, 3.05) is 5.32 Å². The highest BCUT2D eigenvalue weighted by Gasteiger charge is 2.16. The van der Waals surface area contributed by atoms with Crippen LogP contribution in [0.2, 0.25) is 0 Å². The normalized spacial score (nSPS) is 10.2. The largest absolute Gasteiger partial charge is 0.321 e. The third-order valence-electron chi connectivity index (χ3n) is 2.25. The van der Waals surface area contributed by atoms with Crippen LogP contribution in [0.1, 0.15) is 17.4 Å². The van der Waals surface area contributed by atoms with Crippen molar-refractivity contribution < 1.29 is 4.79 Å². The second-order valence-corrected chi connectivity index (χ2v) is 4.20. The van der Waals surface area contributed by atoms with Crippen molar-refractivity contribution in [2.24, 2.45) is 0 Å². The molecule has 0 atom stereocenters. The average molecular weight is 295 g/mol. The molecule has 0 fully saturated rings. The Morgan fingerprint density at radius 1 is 1.47 bits per heavy atom. The number of aromatic nitrogens is 3. The van der Waals surface area contributed by atoms with Crippen LogP contribution in [-0.2, 0) is 6.54 Å². The van der Waals surface area contributed by atoms with Gasteiger partial charge >= 0.3 is 0 Å². The Morgan fingerprint density at radius 3 is 2.82 bits per heavy atom. The first kappa shape index (κ1) is 11.8. The minimum absolute atomic E-state index is 0.192. The number of hydrogen-bond donors (Lipinski definition) is 1. The number of carbonyl (C=O) groups is 1. The average Bonchev–Trinajstić information content (AvgIpc) is 2.71. The fourth-order valence-corrected chi connectivity index (χ4v) is 1.93. The van der Waals surface area contributed by atoms with Crippen molar-refractivity contribution in [1.82, 2.24) is 14.8 Å². The Labute approximate surface area is 107 Å². The van der Waals surface area contributed by atoms with E-state index < -0.39 is 0 Å². The lowest BCUT2D eigenvalue weighted by atomic mass is 10.3. The molecule has 2 aromatic heterocycles. The number of carbonyl (C=O) groups excluding carboxylic acids is 1. The van der Waals surface area contributed by atoms with Crippen molar-refractivity contribution >= 4 is 27.5 Å². The van der Waals surface area contributed by atoms with E-state index in [0.717, 1.165) is 0 Å². The molecule has 6 heteroatoms. The summed E-state index contributed by atoms with van der Waals surface area (Å²) >= 11 is 3.32. The van der Waals surface area contributed by atoms with Crippen LogP contribution in [0.15, 0.2) is 35.2 Å². The first-order valence-corrected chi connectivity index (χ1v) is 5.94. The fourth-order valence-electron chi connectivity index (χ4n) is 1.45. The zero-order valence-corrected chi connectivity index (χ0v) is 10.8. The van der Waals surface area contributed by atoms with Crippen molar-refractivity contribution in [3.63, 3.8) is 0 Å². The van der Waals surface area contributed by atoms with Crippen LogP contribution in [-0.4, -0.2) is 20.7 Å². The van der Waals surface area contributed by atoms with Gasteiger partial charge in [-0.1, -0.05) is 0 Å². The number of amides is 1. The second-order valence-electron chi connectivity index (χ2n) is 3.35. The Bertz CT molecular complexity index is 524. The second kappa shape index (κ2) is 5.09. The van der Waals surface area contributed by atoms with Crippen LogP contribution in [0, 0.1) is 0 Å². The molecule has 1 N–H and O–H groups in total. The van der Waals surface area contributed by atoms with Gasteiger partial charge in [-0.05, 0) is 35.0 Å². The highest BCUT2D eigenvalue weighted by atomic mass is 79.9. The number of anilines is 1. The van der Waals surface area contributed by atoms with E-state index in [-0.39, 0.29) is 5.91 Å². The lowest BCUT2D eigenvalue weighted by Crippen LogP contribution is -2.17. The molecule has 0 saturated heterocycles. The Kier molecular flexibility index (Phi) is 3.53. The van der Waals surface area contributed by atoms with Gasteiger partial charge in [0.25, 0.3) is 5.91 Å². The first-order chi connectivity index (χ1) is 8.22. The summed E-state index contributed by atoms with van der Waals surface area (Å²) < 4.78 is 2.33. The minimum atomic E-state index is -0.192. The summed E-state index contributed by atoms with van der Waals surface area (Å²) in [5.74, 6) is -0.192. The molecular weight excluding hydrogens is 284 g/mol. The van der Waals surface area contributed by atoms with E-state index >= 15 is 0 Å². The summed E-state index contributed by atoms with van der Waals surface area (Å²) in [6.07, 6.45) is 4.87. The predicted octanol–water partition coefficient (Wildman–Crippen LogP) is 2.31. The van der Waals surface area contributed by atoms with Gasteiger partial charge in [-0.15, -0.1) is 0 Å². The maximum absolute atomic E-state index is 12.1. The third-order valence-corrected chi connectivity index (χ3v) is 2.83. The molecule has 17 heavy (non-hydrogen) atoms. The van der Waals surface area contributed by atoms with Gasteiger partial charge in [-0.2, -0.15) is 5.10 Å². The SMILES string of the molecule is CCn1ncc(Br)c1C(=O)Nc1ccncc1. The van der Waals surface area contributed by atoms with Crippen LogP contribution in [0.5, 0.6) is 0 Å². The minimum Gasteiger partial charge on any atom is -0.321 e. The lowest BCUT2D eigenvalue weighted by Gasteiger charge is -2.06. The Balaban J connectivity index is 2.23. The highest BCUT2D eigenvalue weighted by molar-refractivity contribution is 9.10. The van der Waals surface area contributed by atoms with E-state index in [0.29, 0.717) is 22.4 Å². The molecule has 2 heterocycles. The number of pyridine rings is 1. The molecule has 1 amide bonds. The zero-order valence-electron chi connectivity index (χ0n) is 9.22. The summed E-state index contributed by atoms with van der Waals surface area (Å²) in [7, 11) is 0. The van der Waals surface area contributed by atoms with E-state index in [1.165, 1.54) is 0 Å². The third kappa shape index (κ3) is 2.52. The number of nitrogens with zero attached hydrogens (tertiary/aromatic N) is 3. The maximum Gasteiger partial charge on any atom is 0.275 e. The van der Waals surface area contributed by atoms with Gasteiger partial charge in [0.05, 0.1) is 10.7 Å². The monoisotopic (exact) mass is 294 g/mol. The Morgan fingerprint density at radius 2 is 2.18 bits per heavy atom. The van der Waals surface area contributed by atoms with Gasteiger partial charge in [0.15, 0.2) is 0 Å². The number of nitrogens with one attached hydrogen (secondary N) is 1. The topological polar surface area (TPSA) is 59.8 Å². The van der Waals surface area contributed by atoms with Gasteiger partial charge in [-0.25, -0.2) is 0 Å². The molecule has 5 nitrogen and oxygen atoms in total. The number of halogens is 1. The summed E-state index contributed by atoms with van der Waals surface area (Å²) in [5.41, 5.74) is 1.23. The van der Waals surface area contributed by atoms with Gasteiger partial charge in [0, 0.05) is 24.6 Å². The quantitative estimate of drug-likeness (QED) is 0.945. The van der Waals surface area contributed by atoms with Crippen LogP contribution in [0.3, 0.4) is 0 Å². The van der Waals surface area contributed by atoms with E-state index in [1.54, 1.807) is 35.4 Å². The lowest BCUT2D eigenvalue weighted by molar-refractivity contribution is 0.101. The van der Waals surface area contributed by atoms with Crippen molar-refractivity contribution in [2.45, 2.75) is 13.5 Å². The van der Waals surface area contributed by atoms with E-state index in [1.807, 2.05) is 6.92 Å². The van der Waals surface area contributed by atoms with Crippen LogP contribution in [0.25, 0.3) is 0 Å². The molecule has 2 rings (SSSR count). The molecule has 0 aromatic carbocycles. The number of aryl methyl sites for hydroxylation is 1. The molecule has 0 bridgehead atoms. The van der Waals surface area contributed by atoms with Crippen molar-refractivity contribution in [3.8, 4) is 0 Å². The molecule has 0 radical (unpaired) electrons. The Hall–Kier alpha value is -1.69. The van der Waals surface area contributed by atoms with Crippen molar-refractivity contribution in [3.05, 3.63) is 40.9 Å². The molecule has 0 unspecified atom stereocenters. The zero-order chi connectivity index (χ0) is 12.3. The summed E-state index contributed by atoms with van der Waals surface area (Å²) in [6.45, 7) is 2.58. The highest BCUT2D eigenvalue weighted by Crippen LogP contribution is 2.17. The number of rotatable bonds is 3. The maximum atomic E-state index is 12.1. The van der Waals surface area contributed by atoms with Crippen LogP contribution >= 0.6 is 15.9 Å². The summed E-state index contributed by atoms with van der Waals surface area (Å²) in [4.78, 5) is 15.9. The first-order valence-electron chi connectivity index (χ1n) is 5.15. The van der Waals surface area contributed by atoms with Crippen LogP contribution < -0.4 is 5.32 Å². The molecule has 88 valence electrons. The van der Waals surface area contributed by atoms with Crippen molar-refractivity contribution in [1.29, 1.82) is 0 Å². The molecule has 0 aliphatic carbocycles. The van der Waals surface area contributed by atoms with Gasteiger partial charge < -0.3 is 5.32 Å². The smallest absolute Gasteiger partial charge is 0.275 e. The summed E-state index contributed by atoms with van der Waals surface area (Å²) in [5, 5.41) is 6.88.